The largest absolute Gasteiger partial charge is 0.373 e. The van der Waals surface area contributed by atoms with E-state index in [9.17, 15) is 0 Å². The molecule has 2 heterocycles. The molecule has 0 saturated carbocycles. The first-order valence-corrected chi connectivity index (χ1v) is 5.18. The molecular formula is C10H18O2. The van der Waals surface area contributed by atoms with Gasteiger partial charge < -0.3 is 9.47 Å². The van der Waals surface area contributed by atoms with Crippen molar-refractivity contribution >= 4 is 0 Å². The molecule has 2 aliphatic rings. The average molecular weight is 170 g/mol. The van der Waals surface area contributed by atoms with Crippen LogP contribution in [0.2, 0.25) is 0 Å². The van der Waals surface area contributed by atoms with Crippen LogP contribution in [0, 0.1) is 0 Å². The average Bonchev–Trinajstić information content (AvgIpc) is 2.89. The fourth-order valence-electron chi connectivity index (χ4n) is 1.57. The fraction of sp³-hybridized carbons (Fsp3) is 1.00. The number of hydrogen-bond acceptors (Lipinski definition) is 2. The SMILES string of the molecule is C(CCCC1CO1)CCC1CO1. The Morgan fingerprint density at radius 1 is 0.750 bits per heavy atom. The van der Waals surface area contributed by atoms with E-state index in [4.69, 9.17) is 9.47 Å². The van der Waals surface area contributed by atoms with Gasteiger partial charge in [0.05, 0.1) is 25.4 Å². The second kappa shape index (κ2) is 4.24. The molecule has 2 nitrogen and oxygen atoms in total. The van der Waals surface area contributed by atoms with E-state index in [1.165, 1.54) is 38.5 Å². The van der Waals surface area contributed by atoms with Crippen LogP contribution in [0.25, 0.3) is 0 Å². The van der Waals surface area contributed by atoms with Crippen LogP contribution >= 0.6 is 0 Å². The molecule has 2 aliphatic heterocycles. The molecule has 2 fully saturated rings. The van der Waals surface area contributed by atoms with Crippen molar-refractivity contribution in [2.75, 3.05) is 13.2 Å². The Morgan fingerprint density at radius 3 is 1.50 bits per heavy atom. The van der Waals surface area contributed by atoms with Gasteiger partial charge in [-0.1, -0.05) is 25.7 Å². The first kappa shape index (κ1) is 8.52. The number of hydrogen-bond donors (Lipinski definition) is 0. The van der Waals surface area contributed by atoms with E-state index in [0.29, 0.717) is 12.2 Å². The second-order valence-electron chi connectivity index (χ2n) is 3.90. The lowest BCUT2D eigenvalue weighted by atomic mass is 10.1. The summed E-state index contributed by atoms with van der Waals surface area (Å²) in [5, 5.41) is 0. The quantitative estimate of drug-likeness (QED) is 0.432. The Morgan fingerprint density at radius 2 is 1.17 bits per heavy atom. The van der Waals surface area contributed by atoms with E-state index >= 15 is 0 Å². The highest BCUT2D eigenvalue weighted by molar-refractivity contribution is 4.70. The highest BCUT2D eigenvalue weighted by Crippen LogP contribution is 2.20. The molecule has 2 saturated heterocycles. The molecule has 2 unspecified atom stereocenters. The number of epoxide rings is 2. The molecule has 70 valence electrons. The van der Waals surface area contributed by atoms with E-state index in [1.54, 1.807) is 0 Å². The third kappa shape index (κ3) is 3.55. The molecule has 12 heavy (non-hydrogen) atoms. The van der Waals surface area contributed by atoms with Crippen LogP contribution in [0.3, 0.4) is 0 Å². The molecule has 2 atom stereocenters. The first-order valence-electron chi connectivity index (χ1n) is 5.18. The van der Waals surface area contributed by atoms with Gasteiger partial charge >= 0.3 is 0 Å². The van der Waals surface area contributed by atoms with Gasteiger partial charge in [0.1, 0.15) is 0 Å². The Labute approximate surface area is 74.2 Å². The predicted molar refractivity (Wildman–Crippen MR) is 47.2 cm³/mol. The zero-order valence-electron chi connectivity index (χ0n) is 7.63. The van der Waals surface area contributed by atoms with Crippen LogP contribution in [-0.4, -0.2) is 25.4 Å². The lowest BCUT2D eigenvalue weighted by Gasteiger charge is -1.97. The van der Waals surface area contributed by atoms with Crippen LogP contribution in [0.4, 0.5) is 0 Å². The van der Waals surface area contributed by atoms with E-state index in [1.807, 2.05) is 0 Å². The van der Waals surface area contributed by atoms with Gasteiger partial charge in [0, 0.05) is 0 Å². The summed E-state index contributed by atoms with van der Waals surface area (Å²) < 4.78 is 10.3. The van der Waals surface area contributed by atoms with E-state index < -0.39 is 0 Å². The Kier molecular flexibility index (Phi) is 3.01. The molecule has 0 radical (unpaired) electrons. The van der Waals surface area contributed by atoms with Crippen molar-refractivity contribution in [3.8, 4) is 0 Å². The van der Waals surface area contributed by atoms with Crippen molar-refractivity contribution in [3.05, 3.63) is 0 Å². The first-order chi connectivity index (χ1) is 5.95. The second-order valence-corrected chi connectivity index (χ2v) is 3.90. The molecule has 0 amide bonds. The zero-order valence-corrected chi connectivity index (χ0v) is 7.63. The molecule has 2 rings (SSSR count). The van der Waals surface area contributed by atoms with Crippen molar-refractivity contribution in [1.29, 1.82) is 0 Å². The number of rotatable bonds is 7. The third-order valence-electron chi connectivity index (χ3n) is 2.61. The molecule has 0 aromatic heterocycles. The van der Waals surface area contributed by atoms with Crippen molar-refractivity contribution in [1.82, 2.24) is 0 Å². The van der Waals surface area contributed by atoms with Crippen molar-refractivity contribution in [2.24, 2.45) is 0 Å². The van der Waals surface area contributed by atoms with Gasteiger partial charge in [-0.05, 0) is 12.8 Å². The normalized spacial score (nSPS) is 32.0. The molecular weight excluding hydrogens is 152 g/mol. The Bertz CT molecular complexity index is 112. The van der Waals surface area contributed by atoms with Crippen molar-refractivity contribution < 1.29 is 9.47 Å². The molecule has 2 heteroatoms. The fourth-order valence-corrected chi connectivity index (χ4v) is 1.57. The minimum atomic E-state index is 0.636. The summed E-state index contributed by atoms with van der Waals surface area (Å²) in [6, 6.07) is 0. The van der Waals surface area contributed by atoms with Crippen LogP contribution < -0.4 is 0 Å². The van der Waals surface area contributed by atoms with Gasteiger partial charge in [-0.25, -0.2) is 0 Å². The summed E-state index contributed by atoms with van der Waals surface area (Å²) in [7, 11) is 0. The van der Waals surface area contributed by atoms with Crippen molar-refractivity contribution in [3.63, 3.8) is 0 Å². The molecule has 0 aromatic rings. The standard InChI is InChI=1S/C10H18O2/c1(3-5-9-7-11-9)2-4-6-10-8-12-10/h9-10H,1-8H2. The molecule has 0 aromatic carbocycles. The van der Waals surface area contributed by atoms with Gasteiger partial charge in [0.25, 0.3) is 0 Å². The Hall–Kier alpha value is -0.0800. The Balaban J connectivity index is 1.31. The van der Waals surface area contributed by atoms with E-state index in [-0.39, 0.29) is 0 Å². The minimum absolute atomic E-state index is 0.636. The zero-order chi connectivity index (χ0) is 8.23. The molecule has 0 bridgehead atoms. The summed E-state index contributed by atoms with van der Waals surface area (Å²) in [5.74, 6) is 0. The number of unbranched alkanes of at least 4 members (excludes halogenated alkanes) is 3. The summed E-state index contributed by atoms with van der Waals surface area (Å²) in [4.78, 5) is 0. The van der Waals surface area contributed by atoms with Gasteiger partial charge in [-0.15, -0.1) is 0 Å². The summed E-state index contributed by atoms with van der Waals surface area (Å²) in [5.41, 5.74) is 0. The molecule has 0 N–H and O–H groups in total. The number of ether oxygens (including phenoxy) is 2. The lowest BCUT2D eigenvalue weighted by Crippen LogP contribution is -1.88. The van der Waals surface area contributed by atoms with Crippen LogP contribution in [0.15, 0.2) is 0 Å². The summed E-state index contributed by atoms with van der Waals surface area (Å²) >= 11 is 0. The van der Waals surface area contributed by atoms with Gasteiger partial charge in [-0.3, -0.25) is 0 Å². The topological polar surface area (TPSA) is 25.1 Å². The predicted octanol–water partition coefficient (Wildman–Crippen LogP) is 2.12. The third-order valence-corrected chi connectivity index (χ3v) is 2.61. The summed E-state index contributed by atoms with van der Waals surface area (Å²) in [6.07, 6.45) is 9.33. The highest BCUT2D eigenvalue weighted by atomic mass is 16.6. The monoisotopic (exact) mass is 170 g/mol. The summed E-state index contributed by atoms with van der Waals surface area (Å²) in [6.45, 7) is 2.05. The highest BCUT2D eigenvalue weighted by Gasteiger charge is 2.22. The van der Waals surface area contributed by atoms with Crippen LogP contribution in [0.1, 0.15) is 38.5 Å². The van der Waals surface area contributed by atoms with E-state index in [2.05, 4.69) is 0 Å². The van der Waals surface area contributed by atoms with Gasteiger partial charge in [0.15, 0.2) is 0 Å². The van der Waals surface area contributed by atoms with Crippen LogP contribution in [-0.2, 0) is 9.47 Å². The van der Waals surface area contributed by atoms with Crippen molar-refractivity contribution in [2.45, 2.75) is 50.7 Å². The van der Waals surface area contributed by atoms with Gasteiger partial charge in [0.2, 0.25) is 0 Å². The van der Waals surface area contributed by atoms with E-state index in [0.717, 1.165) is 13.2 Å². The molecule has 0 spiro atoms. The molecule has 0 aliphatic carbocycles. The van der Waals surface area contributed by atoms with Crippen LogP contribution in [0.5, 0.6) is 0 Å². The lowest BCUT2D eigenvalue weighted by molar-refractivity contribution is 0.378. The smallest absolute Gasteiger partial charge is 0.0810 e. The maximum Gasteiger partial charge on any atom is 0.0810 e. The maximum atomic E-state index is 5.14. The minimum Gasteiger partial charge on any atom is -0.373 e. The van der Waals surface area contributed by atoms with Gasteiger partial charge in [-0.2, -0.15) is 0 Å². The maximum absolute atomic E-state index is 5.14.